The van der Waals surface area contributed by atoms with Crippen molar-refractivity contribution in [2.45, 2.75) is 25.3 Å². The predicted molar refractivity (Wildman–Crippen MR) is 150 cm³/mol. The van der Waals surface area contributed by atoms with Gasteiger partial charge in [0.25, 0.3) is 5.69 Å². The Morgan fingerprint density at radius 2 is 1.62 bits per heavy atom. The van der Waals surface area contributed by atoms with Gasteiger partial charge >= 0.3 is 0 Å². The molecule has 1 aromatic heterocycles. The number of aromatic nitrogens is 1. The molecule has 5 aromatic rings. The number of nitrogens with one attached hydrogen (secondary N) is 1. The van der Waals surface area contributed by atoms with E-state index < -0.39 is 16.7 Å². The molecule has 1 atom stereocenters. The Balaban J connectivity index is 1.51. The first-order valence-corrected chi connectivity index (χ1v) is 12.8. The van der Waals surface area contributed by atoms with Crippen LogP contribution in [0.3, 0.4) is 0 Å². The zero-order chi connectivity index (χ0) is 27.2. The van der Waals surface area contributed by atoms with Crippen LogP contribution in [0.5, 0.6) is 0 Å². The van der Waals surface area contributed by atoms with Crippen molar-refractivity contribution in [3.8, 4) is 0 Å². The molecule has 0 saturated heterocycles. The lowest BCUT2D eigenvalue weighted by atomic mass is 9.88. The third-order valence-corrected chi connectivity index (χ3v) is 6.90. The SMILES string of the molecule is O=C(C[C@@H](c1cccc(F)c1)c1cn(Cc2ccccc2)c2ccc([N+](=O)[O-])cc12)NCCc1ccccc1. The average molecular weight is 522 g/mol. The van der Waals surface area contributed by atoms with E-state index in [2.05, 4.69) is 5.32 Å². The van der Waals surface area contributed by atoms with Crippen LogP contribution in [-0.4, -0.2) is 21.9 Å². The van der Waals surface area contributed by atoms with E-state index in [0.29, 0.717) is 30.5 Å². The van der Waals surface area contributed by atoms with Crippen molar-refractivity contribution in [3.05, 3.63) is 148 Å². The van der Waals surface area contributed by atoms with Gasteiger partial charge in [-0.25, -0.2) is 4.39 Å². The van der Waals surface area contributed by atoms with Gasteiger partial charge in [-0.1, -0.05) is 72.8 Å². The Kier molecular flexibility index (Phi) is 7.78. The van der Waals surface area contributed by atoms with Crippen molar-refractivity contribution in [1.29, 1.82) is 0 Å². The second-order valence-corrected chi connectivity index (χ2v) is 9.55. The summed E-state index contributed by atoms with van der Waals surface area (Å²) in [5, 5.41) is 15.3. The fraction of sp³-hybridized carbons (Fsp3) is 0.156. The second-order valence-electron chi connectivity index (χ2n) is 9.55. The first-order valence-electron chi connectivity index (χ1n) is 12.8. The van der Waals surface area contributed by atoms with Crippen molar-refractivity contribution in [1.82, 2.24) is 9.88 Å². The summed E-state index contributed by atoms with van der Waals surface area (Å²) in [7, 11) is 0. The van der Waals surface area contributed by atoms with Gasteiger partial charge in [0.2, 0.25) is 5.91 Å². The predicted octanol–water partition coefficient (Wildman–Crippen LogP) is 6.62. The van der Waals surface area contributed by atoms with Crippen LogP contribution in [0.1, 0.15) is 34.6 Å². The van der Waals surface area contributed by atoms with Crippen LogP contribution in [0.15, 0.2) is 109 Å². The number of carbonyl (C=O) groups is 1. The maximum atomic E-state index is 14.4. The van der Waals surface area contributed by atoms with Crippen molar-refractivity contribution >= 4 is 22.5 Å². The number of nitrogens with zero attached hydrogens (tertiary/aromatic N) is 2. The Labute approximate surface area is 225 Å². The Morgan fingerprint density at radius 1 is 0.897 bits per heavy atom. The molecule has 1 amide bonds. The summed E-state index contributed by atoms with van der Waals surface area (Å²) < 4.78 is 16.4. The molecule has 4 aromatic carbocycles. The quantitative estimate of drug-likeness (QED) is 0.166. The van der Waals surface area contributed by atoms with Crippen LogP contribution in [0.4, 0.5) is 10.1 Å². The first kappa shape index (κ1) is 25.9. The normalized spacial score (nSPS) is 11.8. The highest BCUT2D eigenvalue weighted by atomic mass is 19.1. The number of rotatable bonds is 10. The number of halogens is 1. The standard InChI is InChI=1S/C32H28FN3O3/c33-26-13-7-12-25(18-26)28(20-32(37)34-17-16-23-8-3-1-4-9-23)30-22-35(21-24-10-5-2-6-11-24)31-15-14-27(36(38)39)19-29(30)31/h1-15,18-19,22,28H,16-17,20-21H2,(H,34,37)/t28-/m0/s1. The summed E-state index contributed by atoms with van der Waals surface area (Å²) in [5.41, 5.74) is 4.35. The molecule has 0 radical (unpaired) electrons. The molecule has 0 spiro atoms. The summed E-state index contributed by atoms with van der Waals surface area (Å²) in [6.45, 7) is 1.02. The lowest BCUT2D eigenvalue weighted by Gasteiger charge is -2.17. The molecule has 0 aliphatic carbocycles. The largest absolute Gasteiger partial charge is 0.356 e. The summed E-state index contributed by atoms with van der Waals surface area (Å²) in [4.78, 5) is 24.4. The summed E-state index contributed by atoms with van der Waals surface area (Å²) in [6.07, 6.45) is 2.71. The molecule has 5 rings (SSSR count). The van der Waals surface area contributed by atoms with Gasteiger partial charge in [0.05, 0.1) is 4.92 Å². The zero-order valence-corrected chi connectivity index (χ0v) is 21.3. The Hall–Kier alpha value is -4.78. The Morgan fingerprint density at radius 3 is 2.31 bits per heavy atom. The molecule has 0 unspecified atom stereocenters. The lowest BCUT2D eigenvalue weighted by Crippen LogP contribution is -2.27. The van der Waals surface area contributed by atoms with Crippen molar-refractivity contribution in [2.75, 3.05) is 6.54 Å². The monoisotopic (exact) mass is 521 g/mol. The molecule has 1 heterocycles. The number of carbonyl (C=O) groups excluding carboxylic acids is 1. The van der Waals surface area contributed by atoms with Crippen molar-refractivity contribution in [2.24, 2.45) is 0 Å². The minimum Gasteiger partial charge on any atom is -0.356 e. The number of nitro benzene ring substituents is 1. The van der Waals surface area contributed by atoms with Gasteiger partial charge in [0, 0.05) is 54.7 Å². The van der Waals surface area contributed by atoms with E-state index in [1.54, 1.807) is 24.3 Å². The highest BCUT2D eigenvalue weighted by Crippen LogP contribution is 2.37. The second kappa shape index (κ2) is 11.7. The molecule has 196 valence electrons. The van der Waals surface area contributed by atoms with Gasteiger partial charge in [-0.2, -0.15) is 0 Å². The number of non-ortho nitro benzene ring substituents is 1. The molecule has 0 saturated carbocycles. The summed E-state index contributed by atoms with van der Waals surface area (Å²) >= 11 is 0. The molecular weight excluding hydrogens is 493 g/mol. The van der Waals surface area contributed by atoms with Crippen LogP contribution >= 0.6 is 0 Å². The van der Waals surface area contributed by atoms with Crippen LogP contribution in [0, 0.1) is 15.9 Å². The van der Waals surface area contributed by atoms with E-state index in [-0.39, 0.29) is 18.0 Å². The van der Waals surface area contributed by atoms with Gasteiger partial charge in [0.15, 0.2) is 0 Å². The molecular formula is C32H28FN3O3. The van der Waals surface area contributed by atoms with Crippen LogP contribution in [0.2, 0.25) is 0 Å². The maximum Gasteiger partial charge on any atom is 0.270 e. The molecule has 7 heteroatoms. The molecule has 1 N–H and O–H groups in total. The van der Waals surface area contributed by atoms with E-state index >= 15 is 0 Å². The van der Waals surface area contributed by atoms with Crippen LogP contribution in [-0.2, 0) is 17.8 Å². The maximum absolute atomic E-state index is 14.4. The van der Waals surface area contributed by atoms with Gasteiger partial charge in [0.1, 0.15) is 5.82 Å². The Bertz CT molecular complexity index is 1600. The van der Waals surface area contributed by atoms with Crippen LogP contribution in [0.25, 0.3) is 10.9 Å². The molecule has 0 bridgehead atoms. The number of hydrogen-bond donors (Lipinski definition) is 1. The number of nitro groups is 1. The van der Waals surface area contributed by atoms with Gasteiger partial charge in [-0.15, -0.1) is 0 Å². The van der Waals surface area contributed by atoms with Crippen molar-refractivity contribution < 1.29 is 14.1 Å². The van der Waals surface area contributed by atoms with E-state index in [9.17, 15) is 19.3 Å². The molecule has 0 aliphatic rings. The highest BCUT2D eigenvalue weighted by molar-refractivity contribution is 5.88. The van der Waals surface area contributed by atoms with Crippen LogP contribution < -0.4 is 5.32 Å². The third kappa shape index (κ3) is 6.21. The third-order valence-electron chi connectivity index (χ3n) is 6.90. The highest BCUT2D eigenvalue weighted by Gasteiger charge is 2.24. The summed E-state index contributed by atoms with van der Waals surface area (Å²) in [5.74, 6) is -1.07. The zero-order valence-electron chi connectivity index (χ0n) is 21.3. The minimum absolute atomic E-state index is 0.0356. The van der Waals surface area contributed by atoms with E-state index in [4.69, 9.17) is 0 Å². The van der Waals surface area contributed by atoms with E-state index in [0.717, 1.165) is 22.2 Å². The number of benzene rings is 4. The van der Waals surface area contributed by atoms with E-state index in [1.165, 1.54) is 18.2 Å². The van der Waals surface area contributed by atoms with Gasteiger partial charge in [-0.3, -0.25) is 14.9 Å². The molecule has 39 heavy (non-hydrogen) atoms. The minimum atomic E-state index is -0.501. The molecule has 0 fully saturated rings. The topological polar surface area (TPSA) is 77.2 Å². The fourth-order valence-electron chi connectivity index (χ4n) is 4.99. The van der Waals surface area contributed by atoms with Gasteiger partial charge < -0.3 is 9.88 Å². The lowest BCUT2D eigenvalue weighted by molar-refractivity contribution is -0.384. The number of fused-ring (bicyclic) bond motifs is 1. The molecule has 6 nitrogen and oxygen atoms in total. The first-order chi connectivity index (χ1) is 19.0. The van der Waals surface area contributed by atoms with Crippen molar-refractivity contribution in [3.63, 3.8) is 0 Å². The average Bonchev–Trinajstić information content (AvgIpc) is 3.30. The number of hydrogen-bond acceptors (Lipinski definition) is 3. The fourth-order valence-corrected chi connectivity index (χ4v) is 4.99. The molecule has 0 aliphatic heterocycles. The van der Waals surface area contributed by atoms with E-state index in [1.807, 2.05) is 71.4 Å². The van der Waals surface area contributed by atoms with Gasteiger partial charge in [-0.05, 0) is 46.9 Å². The summed E-state index contributed by atoms with van der Waals surface area (Å²) in [6, 6.07) is 30.8. The number of amides is 1. The smallest absolute Gasteiger partial charge is 0.270 e.